The largest absolute Gasteiger partial charge is 0.457 e. The number of fused-ring (bicyclic) bond motifs is 3. The molecule has 0 radical (unpaired) electrons. The number of nitrogens with zero attached hydrogens (tertiary/aromatic N) is 4. The van der Waals surface area contributed by atoms with Gasteiger partial charge in [-0.25, -0.2) is 9.67 Å². The quantitative estimate of drug-likeness (QED) is 0.119. The fraction of sp³-hybridized carbons (Fsp3) is 0.417. The van der Waals surface area contributed by atoms with E-state index in [-0.39, 0.29) is 0 Å². The average Bonchev–Trinajstić information content (AvgIpc) is 3.63. The molecular weight excluding hydrogens is 649 g/mol. The molecule has 5 heteroatoms. The van der Waals surface area contributed by atoms with Gasteiger partial charge in [-0.05, 0) is 110 Å². The lowest BCUT2D eigenvalue weighted by molar-refractivity contribution is 0.389. The molecule has 0 saturated heterocycles. The van der Waals surface area contributed by atoms with Crippen LogP contribution in [0.4, 0.5) is 0 Å². The van der Waals surface area contributed by atoms with E-state index >= 15 is 0 Å². The maximum absolute atomic E-state index is 6.87. The first-order valence-corrected chi connectivity index (χ1v) is 20.2. The first-order valence-electron chi connectivity index (χ1n) is 20.2. The molecule has 0 spiro atoms. The Morgan fingerprint density at radius 1 is 0.830 bits per heavy atom. The number of aromatic nitrogens is 4. The summed E-state index contributed by atoms with van der Waals surface area (Å²) in [7, 11) is 0. The van der Waals surface area contributed by atoms with Crippen molar-refractivity contribution in [1.82, 2.24) is 19.3 Å². The summed E-state index contributed by atoms with van der Waals surface area (Å²) in [6.07, 6.45) is 10.8. The van der Waals surface area contributed by atoms with Crippen molar-refractivity contribution in [3.63, 3.8) is 0 Å². The van der Waals surface area contributed by atoms with Crippen LogP contribution in [0, 0.1) is 17.8 Å². The van der Waals surface area contributed by atoms with E-state index in [2.05, 4.69) is 150 Å². The highest BCUT2D eigenvalue weighted by Gasteiger charge is 2.33. The second-order valence-corrected chi connectivity index (χ2v) is 16.5. The van der Waals surface area contributed by atoms with Crippen molar-refractivity contribution in [2.24, 2.45) is 17.8 Å². The molecule has 0 saturated carbocycles. The normalized spacial score (nSPS) is 17.7. The first-order chi connectivity index (χ1) is 25.6. The van der Waals surface area contributed by atoms with Crippen LogP contribution in [-0.2, 0) is 19.3 Å². The number of rotatable bonds is 12. The molecule has 7 rings (SSSR count). The number of allylic oxidation sites excluding steroid dienone is 2. The van der Waals surface area contributed by atoms with Gasteiger partial charge in [0.25, 0.3) is 0 Å². The Morgan fingerprint density at radius 3 is 2.34 bits per heavy atom. The molecule has 3 aromatic carbocycles. The van der Waals surface area contributed by atoms with E-state index in [0.29, 0.717) is 29.6 Å². The third-order valence-electron chi connectivity index (χ3n) is 11.1. The number of ether oxygens (including phenoxy) is 1. The Bertz CT molecular complexity index is 2270. The standard InChI is InChI=1S/C48H58N4O/c1-10-14-42-48(47-33(8)23-32(7)24-34(47)9)44(15-11-2)52(50-42)37-26-36(31(5)6)27-39(28-37)53-38-18-19-41-40-16-12-13-17-43(40)51(45(41)29-38)46-25-35(20-21-49-46)22-30(3)4/h12-13,16-21,23,25-32,34,47H,10-11,14-15,22,24H2,1-9H3/t32-,34?,47-/m0/s1. The van der Waals surface area contributed by atoms with Crippen LogP contribution in [0.2, 0.25) is 0 Å². The van der Waals surface area contributed by atoms with Crippen molar-refractivity contribution in [2.75, 3.05) is 0 Å². The molecule has 0 aliphatic heterocycles. The van der Waals surface area contributed by atoms with Crippen LogP contribution in [0.25, 0.3) is 33.3 Å². The topological polar surface area (TPSA) is 44.9 Å². The van der Waals surface area contributed by atoms with Gasteiger partial charge < -0.3 is 4.74 Å². The minimum Gasteiger partial charge on any atom is -0.457 e. The van der Waals surface area contributed by atoms with Crippen molar-refractivity contribution in [3.05, 3.63) is 119 Å². The maximum Gasteiger partial charge on any atom is 0.137 e. The van der Waals surface area contributed by atoms with E-state index in [0.717, 1.165) is 66.1 Å². The Kier molecular flexibility index (Phi) is 10.7. The van der Waals surface area contributed by atoms with Gasteiger partial charge in [0, 0.05) is 46.3 Å². The minimum absolute atomic E-state index is 0.330. The molecule has 3 aromatic heterocycles. The number of para-hydroxylation sites is 1. The van der Waals surface area contributed by atoms with Crippen LogP contribution in [-0.4, -0.2) is 19.3 Å². The third kappa shape index (κ3) is 7.32. The summed E-state index contributed by atoms with van der Waals surface area (Å²) in [5.74, 6) is 5.08. The zero-order chi connectivity index (χ0) is 37.4. The molecule has 1 aliphatic carbocycles. The highest BCUT2D eigenvalue weighted by atomic mass is 16.5. The SMILES string of the molecule is CCCc1nn(-c2cc(Oc3ccc4c5ccccc5n(-c5cc(CC(C)C)ccn5)c4c3)cc(C(C)C)c2)c(CCC)c1[C@H]1C(C)=C[C@H](C)CC1C. The molecule has 5 nitrogen and oxygen atoms in total. The Balaban J connectivity index is 1.34. The van der Waals surface area contributed by atoms with Crippen LogP contribution >= 0.6 is 0 Å². The van der Waals surface area contributed by atoms with Crippen LogP contribution in [0.15, 0.2) is 90.6 Å². The monoisotopic (exact) mass is 706 g/mol. The fourth-order valence-corrected chi connectivity index (χ4v) is 8.99. The van der Waals surface area contributed by atoms with E-state index in [1.807, 2.05) is 6.20 Å². The van der Waals surface area contributed by atoms with Gasteiger partial charge in [-0.1, -0.05) is 98.1 Å². The zero-order valence-electron chi connectivity index (χ0n) is 33.4. The maximum atomic E-state index is 6.87. The Labute approximate surface area is 317 Å². The van der Waals surface area contributed by atoms with Gasteiger partial charge in [-0.3, -0.25) is 4.57 Å². The van der Waals surface area contributed by atoms with E-state index in [1.54, 1.807) is 0 Å². The van der Waals surface area contributed by atoms with Crippen molar-refractivity contribution in [1.29, 1.82) is 0 Å². The predicted octanol–water partition coefficient (Wildman–Crippen LogP) is 13.1. The molecule has 0 N–H and O–H groups in total. The van der Waals surface area contributed by atoms with Gasteiger partial charge in [0.1, 0.15) is 17.3 Å². The number of benzene rings is 3. The van der Waals surface area contributed by atoms with Crippen molar-refractivity contribution in [3.8, 4) is 23.0 Å². The summed E-state index contributed by atoms with van der Waals surface area (Å²) in [4.78, 5) is 4.88. The van der Waals surface area contributed by atoms with Crippen LogP contribution < -0.4 is 4.74 Å². The molecule has 53 heavy (non-hydrogen) atoms. The molecule has 1 unspecified atom stereocenters. The van der Waals surface area contributed by atoms with Gasteiger partial charge in [-0.15, -0.1) is 0 Å². The molecule has 1 aliphatic rings. The summed E-state index contributed by atoms with van der Waals surface area (Å²) >= 11 is 0. The lowest BCUT2D eigenvalue weighted by Crippen LogP contribution is -2.21. The number of hydrogen-bond donors (Lipinski definition) is 0. The zero-order valence-corrected chi connectivity index (χ0v) is 33.4. The molecule has 0 amide bonds. The van der Waals surface area contributed by atoms with Crippen LogP contribution in [0.5, 0.6) is 11.5 Å². The van der Waals surface area contributed by atoms with E-state index in [9.17, 15) is 0 Å². The summed E-state index contributed by atoms with van der Waals surface area (Å²) in [5.41, 5.74) is 11.4. The van der Waals surface area contributed by atoms with Crippen molar-refractivity contribution < 1.29 is 4.74 Å². The van der Waals surface area contributed by atoms with Gasteiger partial charge in [0.15, 0.2) is 0 Å². The fourth-order valence-electron chi connectivity index (χ4n) is 8.99. The molecule has 3 atom stereocenters. The molecular formula is C48H58N4O. The summed E-state index contributed by atoms with van der Waals surface area (Å²) in [6.45, 7) is 20.8. The number of aryl methyl sites for hydroxylation is 1. The lowest BCUT2D eigenvalue weighted by atomic mass is 9.72. The second kappa shape index (κ2) is 15.4. The van der Waals surface area contributed by atoms with E-state index in [1.165, 1.54) is 50.8 Å². The molecule has 0 fully saturated rings. The van der Waals surface area contributed by atoms with Crippen molar-refractivity contribution in [2.45, 2.75) is 113 Å². The van der Waals surface area contributed by atoms with Crippen LogP contribution in [0.3, 0.4) is 0 Å². The average molecular weight is 707 g/mol. The Morgan fingerprint density at radius 2 is 1.60 bits per heavy atom. The third-order valence-corrected chi connectivity index (χ3v) is 11.1. The summed E-state index contributed by atoms with van der Waals surface area (Å²) in [6, 6.07) is 26.2. The van der Waals surface area contributed by atoms with Gasteiger partial charge in [-0.2, -0.15) is 5.10 Å². The highest BCUT2D eigenvalue weighted by Crippen LogP contribution is 2.44. The molecule has 3 heterocycles. The summed E-state index contributed by atoms with van der Waals surface area (Å²) in [5, 5.41) is 7.86. The highest BCUT2D eigenvalue weighted by molar-refractivity contribution is 6.09. The Hall–Kier alpha value is -4.64. The second-order valence-electron chi connectivity index (χ2n) is 16.5. The molecule has 6 aromatic rings. The van der Waals surface area contributed by atoms with Gasteiger partial charge >= 0.3 is 0 Å². The number of hydrogen-bond acceptors (Lipinski definition) is 3. The minimum atomic E-state index is 0.330. The van der Waals surface area contributed by atoms with E-state index in [4.69, 9.17) is 14.8 Å². The molecule has 276 valence electrons. The summed E-state index contributed by atoms with van der Waals surface area (Å²) < 4.78 is 11.4. The lowest BCUT2D eigenvalue weighted by Gasteiger charge is -2.33. The van der Waals surface area contributed by atoms with Gasteiger partial charge in [0.2, 0.25) is 0 Å². The smallest absolute Gasteiger partial charge is 0.137 e. The van der Waals surface area contributed by atoms with Gasteiger partial charge in [0.05, 0.1) is 22.4 Å². The van der Waals surface area contributed by atoms with Crippen LogP contribution in [0.1, 0.15) is 121 Å². The predicted molar refractivity (Wildman–Crippen MR) is 222 cm³/mol. The molecule has 0 bridgehead atoms. The van der Waals surface area contributed by atoms with E-state index < -0.39 is 0 Å². The first kappa shape index (κ1) is 36.7. The number of pyridine rings is 1. The van der Waals surface area contributed by atoms with Crippen molar-refractivity contribution >= 4 is 21.8 Å².